The third kappa shape index (κ3) is 3.14. The van der Waals surface area contributed by atoms with Gasteiger partial charge in [-0.2, -0.15) is 0 Å². The van der Waals surface area contributed by atoms with Crippen LogP contribution in [0.25, 0.3) is 0 Å². The van der Waals surface area contributed by atoms with Crippen molar-refractivity contribution in [1.29, 1.82) is 0 Å². The van der Waals surface area contributed by atoms with Crippen LogP contribution in [0.5, 0.6) is 11.5 Å². The smallest absolute Gasteiger partial charge is 0.198 e. The predicted molar refractivity (Wildman–Crippen MR) is 75.0 cm³/mol. The fraction of sp³-hybridized carbons (Fsp3) is 0.250. The number of halogens is 2. The van der Waals surface area contributed by atoms with Crippen LogP contribution in [0.1, 0.15) is 18.1 Å². The molecule has 0 fully saturated rings. The van der Waals surface area contributed by atoms with Crippen molar-refractivity contribution in [3.05, 3.63) is 59.2 Å². The first-order chi connectivity index (χ1) is 9.65. The van der Waals surface area contributed by atoms with Crippen LogP contribution in [0, 0.1) is 11.6 Å². The lowest BCUT2D eigenvalue weighted by Crippen LogP contribution is -2.04. The van der Waals surface area contributed by atoms with E-state index in [0.29, 0.717) is 24.3 Å². The number of rotatable bonds is 5. The maximum atomic E-state index is 13.9. The molecule has 0 aliphatic carbocycles. The van der Waals surface area contributed by atoms with Crippen molar-refractivity contribution >= 4 is 0 Å². The zero-order valence-electron chi connectivity index (χ0n) is 11.3. The first kappa shape index (κ1) is 14.5. The Morgan fingerprint density at radius 3 is 2.35 bits per heavy atom. The number of para-hydroxylation sites is 1. The van der Waals surface area contributed by atoms with Crippen LogP contribution in [0.2, 0.25) is 0 Å². The molecule has 0 aromatic heterocycles. The summed E-state index contributed by atoms with van der Waals surface area (Å²) in [5.74, 6) is -1.32. The summed E-state index contributed by atoms with van der Waals surface area (Å²) in [6.45, 7) is 2.30. The van der Waals surface area contributed by atoms with Crippen molar-refractivity contribution in [3.63, 3.8) is 0 Å². The molecule has 20 heavy (non-hydrogen) atoms. The summed E-state index contributed by atoms with van der Waals surface area (Å²) < 4.78 is 33.3. The lowest BCUT2D eigenvalue weighted by atomic mass is 10.1. The van der Waals surface area contributed by atoms with Gasteiger partial charge < -0.3 is 10.5 Å². The average molecular weight is 277 g/mol. The van der Waals surface area contributed by atoms with E-state index in [9.17, 15) is 8.78 Å². The summed E-state index contributed by atoms with van der Waals surface area (Å²) in [4.78, 5) is 0. The Hall–Kier alpha value is -1.94. The number of ether oxygens (including phenoxy) is 1. The summed E-state index contributed by atoms with van der Waals surface area (Å²) in [7, 11) is 0. The van der Waals surface area contributed by atoms with E-state index in [-0.39, 0.29) is 5.75 Å². The maximum absolute atomic E-state index is 13.9. The van der Waals surface area contributed by atoms with Crippen molar-refractivity contribution in [2.45, 2.75) is 19.8 Å². The fourth-order valence-electron chi connectivity index (χ4n) is 2.03. The first-order valence-corrected chi connectivity index (χ1v) is 6.59. The van der Waals surface area contributed by atoms with E-state index in [1.165, 1.54) is 12.1 Å². The number of aryl methyl sites for hydroxylation is 1. The second kappa shape index (κ2) is 6.48. The molecule has 0 bridgehead atoms. The standard InChI is InChI=1S/C16H17F2NO/c1-2-12-5-3-4-6-15(12)20-16-13(17)9-11(7-8-19)10-14(16)18/h3-6,9-10H,2,7-8,19H2,1H3. The summed E-state index contributed by atoms with van der Waals surface area (Å²) in [5, 5.41) is 0. The lowest BCUT2D eigenvalue weighted by Gasteiger charge is -2.12. The van der Waals surface area contributed by atoms with Crippen LogP contribution in [0.3, 0.4) is 0 Å². The van der Waals surface area contributed by atoms with Crippen molar-refractivity contribution in [3.8, 4) is 11.5 Å². The van der Waals surface area contributed by atoms with Crippen LogP contribution in [0.4, 0.5) is 8.78 Å². The van der Waals surface area contributed by atoms with Crippen molar-refractivity contribution in [2.24, 2.45) is 5.73 Å². The molecule has 0 saturated carbocycles. The Kier molecular flexibility index (Phi) is 4.69. The summed E-state index contributed by atoms with van der Waals surface area (Å²) in [5.41, 5.74) is 6.81. The zero-order chi connectivity index (χ0) is 14.5. The fourth-order valence-corrected chi connectivity index (χ4v) is 2.03. The molecule has 0 aliphatic heterocycles. The average Bonchev–Trinajstić information content (AvgIpc) is 2.43. The minimum atomic E-state index is -0.709. The van der Waals surface area contributed by atoms with E-state index < -0.39 is 11.6 Å². The van der Waals surface area contributed by atoms with E-state index in [4.69, 9.17) is 10.5 Å². The topological polar surface area (TPSA) is 35.2 Å². The van der Waals surface area contributed by atoms with Crippen LogP contribution in [-0.4, -0.2) is 6.54 Å². The van der Waals surface area contributed by atoms with Crippen LogP contribution in [0.15, 0.2) is 36.4 Å². The van der Waals surface area contributed by atoms with Gasteiger partial charge in [-0.15, -0.1) is 0 Å². The monoisotopic (exact) mass is 277 g/mol. The molecule has 0 spiro atoms. The number of hydrogen-bond acceptors (Lipinski definition) is 2. The van der Waals surface area contributed by atoms with E-state index in [0.717, 1.165) is 12.0 Å². The Balaban J connectivity index is 2.34. The molecular formula is C16H17F2NO. The summed E-state index contributed by atoms with van der Waals surface area (Å²) >= 11 is 0. The second-order valence-electron chi connectivity index (χ2n) is 4.49. The molecule has 2 N–H and O–H groups in total. The molecule has 0 unspecified atom stereocenters. The van der Waals surface area contributed by atoms with Gasteiger partial charge in [0.25, 0.3) is 0 Å². The molecule has 4 heteroatoms. The maximum Gasteiger partial charge on any atom is 0.198 e. The van der Waals surface area contributed by atoms with Gasteiger partial charge >= 0.3 is 0 Å². The lowest BCUT2D eigenvalue weighted by molar-refractivity contribution is 0.403. The Morgan fingerprint density at radius 2 is 1.75 bits per heavy atom. The highest BCUT2D eigenvalue weighted by Crippen LogP contribution is 2.31. The number of benzene rings is 2. The zero-order valence-corrected chi connectivity index (χ0v) is 11.3. The molecule has 0 saturated heterocycles. The van der Waals surface area contributed by atoms with Crippen LogP contribution >= 0.6 is 0 Å². The molecule has 2 nitrogen and oxygen atoms in total. The minimum absolute atomic E-state index is 0.345. The highest BCUT2D eigenvalue weighted by Gasteiger charge is 2.14. The van der Waals surface area contributed by atoms with Crippen molar-refractivity contribution in [1.82, 2.24) is 0 Å². The van der Waals surface area contributed by atoms with Crippen LogP contribution in [-0.2, 0) is 12.8 Å². The highest BCUT2D eigenvalue weighted by atomic mass is 19.1. The van der Waals surface area contributed by atoms with Gasteiger partial charge in [0, 0.05) is 0 Å². The third-order valence-corrected chi connectivity index (χ3v) is 3.06. The molecular weight excluding hydrogens is 260 g/mol. The number of nitrogens with two attached hydrogens (primary N) is 1. The second-order valence-corrected chi connectivity index (χ2v) is 4.49. The first-order valence-electron chi connectivity index (χ1n) is 6.59. The van der Waals surface area contributed by atoms with E-state index in [1.54, 1.807) is 12.1 Å². The molecule has 0 radical (unpaired) electrons. The molecule has 0 amide bonds. The Morgan fingerprint density at radius 1 is 1.10 bits per heavy atom. The largest absolute Gasteiger partial charge is 0.451 e. The molecule has 2 rings (SSSR count). The van der Waals surface area contributed by atoms with Gasteiger partial charge in [0.05, 0.1) is 0 Å². The Labute approximate surface area is 117 Å². The third-order valence-electron chi connectivity index (χ3n) is 3.06. The molecule has 0 atom stereocenters. The van der Waals surface area contributed by atoms with E-state index in [1.807, 2.05) is 19.1 Å². The summed E-state index contributed by atoms with van der Waals surface area (Å²) in [6, 6.07) is 9.73. The van der Waals surface area contributed by atoms with Crippen molar-refractivity contribution < 1.29 is 13.5 Å². The molecule has 0 heterocycles. The highest BCUT2D eigenvalue weighted by molar-refractivity contribution is 5.40. The van der Waals surface area contributed by atoms with E-state index in [2.05, 4.69) is 0 Å². The quantitative estimate of drug-likeness (QED) is 0.901. The van der Waals surface area contributed by atoms with Gasteiger partial charge in [-0.3, -0.25) is 0 Å². The van der Waals surface area contributed by atoms with Gasteiger partial charge in [-0.25, -0.2) is 8.78 Å². The van der Waals surface area contributed by atoms with Gasteiger partial charge in [0.15, 0.2) is 17.4 Å². The Bertz CT molecular complexity index is 576. The molecule has 2 aromatic rings. The van der Waals surface area contributed by atoms with Gasteiger partial charge in [0.2, 0.25) is 0 Å². The normalized spacial score (nSPS) is 10.6. The van der Waals surface area contributed by atoms with Gasteiger partial charge in [-0.1, -0.05) is 25.1 Å². The minimum Gasteiger partial charge on any atom is -0.451 e. The molecule has 106 valence electrons. The number of hydrogen-bond donors (Lipinski definition) is 1. The van der Waals surface area contributed by atoms with Gasteiger partial charge in [-0.05, 0) is 48.7 Å². The summed E-state index contributed by atoms with van der Waals surface area (Å²) in [6.07, 6.45) is 1.16. The van der Waals surface area contributed by atoms with Crippen molar-refractivity contribution in [2.75, 3.05) is 6.54 Å². The predicted octanol–water partition coefficient (Wildman–Crippen LogP) is 3.82. The molecule has 0 aliphatic rings. The molecule has 2 aromatic carbocycles. The SMILES string of the molecule is CCc1ccccc1Oc1c(F)cc(CCN)cc1F. The van der Waals surface area contributed by atoms with Crippen LogP contribution < -0.4 is 10.5 Å². The van der Waals surface area contributed by atoms with Gasteiger partial charge in [0.1, 0.15) is 5.75 Å². The van der Waals surface area contributed by atoms with E-state index >= 15 is 0 Å².